The zero-order chi connectivity index (χ0) is 25.5. The van der Waals surface area contributed by atoms with E-state index in [1.807, 2.05) is 91.0 Å². The molecule has 37 heavy (non-hydrogen) atoms. The molecule has 0 bridgehead atoms. The third-order valence-electron chi connectivity index (χ3n) is 6.03. The van der Waals surface area contributed by atoms with Crippen molar-refractivity contribution in [3.05, 3.63) is 126 Å². The summed E-state index contributed by atoms with van der Waals surface area (Å²) in [6, 6.07) is 28.6. The van der Waals surface area contributed by atoms with E-state index in [9.17, 15) is 4.79 Å². The van der Waals surface area contributed by atoms with Crippen LogP contribution in [0.2, 0.25) is 0 Å². The third kappa shape index (κ3) is 5.73. The van der Waals surface area contributed by atoms with Crippen molar-refractivity contribution in [2.45, 2.75) is 6.92 Å². The fraction of sp³-hybridized carbons (Fsp3) is 0.133. The first-order chi connectivity index (χ1) is 18.2. The van der Waals surface area contributed by atoms with Crippen LogP contribution in [-0.4, -0.2) is 33.8 Å². The van der Waals surface area contributed by atoms with Gasteiger partial charge in [-0.05, 0) is 79.7 Å². The number of aromatic nitrogens is 3. The molecule has 2 heterocycles. The molecule has 0 aliphatic carbocycles. The van der Waals surface area contributed by atoms with E-state index in [2.05, 4.69) is 16.8 Å². The molecule has 5 rings (SSSR count). The van der Waals surface area contributed by atoms with Crippen molar-refractivity contribution in [1.29, 1.82) is 0 Å². The van der Waals surface area contributed by atoms with Crippen LogP contribution < -0.4 is 20.1 Å². The largest absolute Gasteiger partial charge is 0.492 e. The molecular weight excluding hydrogens is 464 g/mol. The maximum atomic E-state index is 13.1. The van der Waals surface area contributed by atoms with E-state index in [1.165, 1.54) is 0 Å². The first-order valence-electron chi connectivity index (χ1n) is 12.2. The monoisotopic (exact) mass is 492 g/mol. The second-order valence-electron chi connectivity index (χ2n) is 8.36. The summed E-state index contributed by atoms with van der Waals surface area (Å²) in [5.74, 6) is 2.24. The van der Waals surface area contributed by atoms with E-state index in [1.54, 1.807) is 33.9 Å². The minimum atomic E-state index is -0.152. The number of nitrogens with zero attached hydrogens (tertiary/aromatic N) is 4. The van der Waals surface area contributed by atoms with Gasteiger partial charge in [0.2, 0.25) is 0 Å². The highest BCUT2D eigenvalue weighted by molar-refractivity contribution is 5.44. The molecule has 0 radical (unpaired) electrons. The van der Waals surface area contributed by atoms with Gasteiger partial charge in [0.05, 0.1) is 17.9 Å². The summed E-state index contributed by atoms with van der Waals surface area (Å²) >= 11 is 0. The molecule has 0 spiro atoms. The number of benzene rings is 3. The predicted octanol–water partition coefficient (Wildman–Crippen LogP) is 5.72. The lowest BCUT2D eigenvalue weighted by Crippen LogP contribution is -2.28. The lowest BCUT2D eigenvalue weighted by atomic mass is 10.3. The average molecular weight is 493 g/mol. The molecule has 0 amide bonds. The van der Waals surface area contributed by atoms with Crippen LogP contribution in [0.3, 0.4) is 0 Å². The minimum Gasteiger partial charge on any atom is -0.492 e. The maximum Gasteiger partial charge on any atom is 0.337 e. The number of para-hydroxylation sites is 1. The van der Waals surface area contributed by atoms with Gasteiger partial charge in [0.25, 0.3) is 0 Å². The summed E-state index contributed by atoms with van der Waals surface area (Å²) in [4.78, 5) is 19.4. The van der Waals surface area contributed by atoms with Crippen LogP contribution in [0, 0.1) is 0 Å². The van der Waals surface area contributed by atoms with Crippen LogP contribution in [0.1, 0.15) is 6.92 Å². The summed E-state index contributed by atoms with van der Waals surface area (Å²) in [5, 5.41) is 0. The average Bonchev–Trinajstić information content (AvgIpc) is 3.34. The van der Waals surface area contributed by atoms with Crippen LogP contribution in [0.4, 0.5) is 5.69 Å². The smallest absolute Gasteiger partial charge is 0.337 e. The summed E-state index contributed by atoms with van der Waals surface area (Å²) in [6.07, 6.45) is 7.11. The molecule has 0 N–H and O–H groups in total. The Labute approximate surface area is 215 Å². The topological polar surface area (TPSA) is 61.5 Å². The van der Waals surface area contributed by atoms with Crippen molar-refractivity contribution in [2.24, 2.45) is 0 Å². The molecule has 0 saturated heterocycles. The van der Waals surface area contributed by atoms with Crippen molar-refractivity contribution >= 4 is 5.69 Å². The number of imidazole rings is 1. The Morgan fingerprint density at radius 3 is 1.89 bits per heavy atom. The number of ether oxygens (including phenoxy) is 2. The van der Waals surface area contributed by atoms with Gasteiger partial charge in [-0.3, -0.25) is 14.1 Å². The molecule has 0 aliphatic heterocycles. The Hall–Kier alpha value is -4.78. The standard InChI is InChI=1S/C30H28N4O3/c1-2-32(24-16-18-31-19-17-24)22-23-36-27-12-8-25(9-13-27)33-20-21-34(30(33)35)26-10-14-29(15-11-26)37-28-6-4-3-5-7-28/h3-21H,2,22-23H2,1H3. The lowest BCUT2D eigenvalue weighted by molar-refractivity contribution is 0.324. The SMILES string of the molecule is CCN(CCOc1ccc(-n2ccn(-c3ccc(Oc4ccccc4)cc3)c2=O)cc1)c1ccncc1. The normalized spacial score (nSPS) is 10.7. The quantitative estimate of drug-likeness (QED) is 0.250. The first-order valence-corrected chi connectivity index (χ1v) is 12.2. The van der Waals surface area contributed by atoms with Gasteiger partial charge in [-0.25, -0.2) is 4.79 Å². The minimum absolute atomic E-state index is 0.152. The van der Waals surface area contributed by atoms with Crippen molar-refractivity contribution < 1.29 is 9.47 Å². The number of rotatable bonds is 10. The van der Waals surface area contributed by atoms with Gasteiger partial charge in [0.1, 0.15) is 23.9 Å². The zero-order valence-electron chi connectivity index (χ0n) is 20.6. The molecular formula is C30H28N4O3. The van der Waals surface area contributed by atoms with Crippen LogP contribution in [0.25, 0.3) is 11.4 Å². The predicted molar refractivity (Wildman–Crippen MR) is 146 cm³/mol. The Morgan fingerprint density at radius 1 is 0.730 bits per heavy atom. The molecule has 2 aromatic heterocycles. The Morgan fingerprint density at radius 2 is 1.30 bits per heavy atom. The summed E-state index contributed by atoms with van der Waals surface area (Å²) in [5.41, 5.74) is 2.51. The number of hydrogen-bond donors (Lipinski definition) is 0. The van der Waals surface area contributed by atoms with Gasteiger partial charge >= 0.3 is 5.69 Å². The molecule has 3 aromatic carbocycles. The van der Waals surface area contributed by atoms with Gasteiger partial charge in [-0.15, -0.1) is 0 Å². The van der Waals surface area contributed by atoms with E-state index < -0.39 is 0 Å². The van der Waals surface area contributed by atoms with Crippen molar-refractivity contribution in [3.8, 4) is 28.6 Å². The number of likely N-dealkylation sites (N-methyl/N-ethyl adjacent to an activating group) is 1. The highest BCUT2D eigenvalue weighted by Crippen LogP contribution is 2.22. The van der Waals surface area contributed by atoms with Crippen LogP contribution in [0.15, 0.2) is 121 Å². The van der Waals surface area contributed by atoms with E-state index in [0.717, 1.165) is 41.7 Å². The molecule has 7 heteroatoms. The molecule has 0 fully saturated rings. The first kappa shape index (κ1) is 23.9. The van der Waals surface area contributed by atoms with Crippen LogP contribution in [0.5, 0.6) is 17.2 Å². The second kappa shape index (κ2) is 11.3. The van der Waals surface area contributed by atoms with E-state index >= 15 is 0 Å². The highest BCUT2D eigenvalue weighted by atomic mass is 16.5. The highest BCUT2D eigenvalue weighted by Gasteiger charge is 2.09. The van der Waals surface area contributed by atoms with Crippen molar-refractivity contribution in [2.75, 3.05) is 24.6 Å². The lowest BCUT2D eigenvalue weighted by Gasteiger charge is -2.22. The molecule has 5 aromatic rings. The van der Waals surface area contributed by atoms with E-state index in [0.29, 0.717) is 12.4 Å². The fourth-order valence-electron chi connectivity index (χ4n) is 4.07. The molecule has 0 aliphatic rings. The van der Waals surface area contributed by atoms with Gasteiger partial charge in [-0.2, -0.15) is 0 Å². The second-order valence-corrected chi connectivity index (χ2v) is 8.36. The summed E-state index contributed by atoms with van der Waals surface area (Å²) in [7, 11) is 0. The van der Waals surface area contributed by atoms with Gasteiger partial charge in [-0.1, -0.05) is 18.2 Å². The van der Waals surface area contributed by atoms with E-state index in [-0.39, 0.29) is 5.69 Å². The number of pyridine rings is 1. The number of anilines is 1. The molecule has 0 atom stereocenters. The van der Waals surface area contributed by atoms with Crippen molar-refractivity contribution in [3.63, 3.8) is 0 Å². The summed E-state index contributed by atoms with van der Waals surface area (Å²) in [6.45, 7) is 4.32. The van der Waals surface area contributed by atoms with Gasteiger partial charge in [0, 0.05) is 37.0 Å². The maximum absolute atomic E-state index is 13.1. The van der Waals surface area contributed by atoms with Gasteiger partial charge < -0.3 is 14.4 Å². The Bertz CT molecular complexity index is 1460. The number of hydrogen-bond acceptors (Lipinski definition) is 5. The fourth-order valence-corrected chi connectivity index (χ4v) is 4.07. The molecule has 186 valence electrons. The van der Waals surface area contributed by atoms with Crippen molar-refractivity contribution in [1.82, 2.24) is 14.1 Å². The van der Waals surface area contributed by atoms with Crippen LogP contribution in [-0.2, 0) is 0 Å². The molecule has 0 unspecified atom stereocenters. The zero-order valence-corrected chi connectivity index (χ0v) is 20.6. The molecule has 0 saturated carbocycles. The van der Waals surface area contributed by atoms with Crippen LogP contribution >= 0.6 is 0 Å². The molecule has 7 nitrogen and oxygen atoms in total. The Kier molecular flexibility index (Phi) is 7.31. The van der Waals surface area contributed by atoms with E-state index in [4.69, 9.17) is 9.47 Å². The Balaban J connectivity index is 1.22. The summed E-state index contributed by atoms with van der Waals surface area (Å²) < 4.78 is 15.0. The third-order valence-corrected chi connectivity index (χ3v) is 6.03. The van der Waals surface area contributed by atoms with Gasteiger partial charge in [0.15, 0.2) is 0 Å².